The normalized spacial score (nSPS) is 15.2. The van der Waals surface area contributed by atoms with Crippen LogP contribution in [-0.2, 0) is 11.2 Å². The average molecular weight is 458 g/mol. The number of hydrogen-bond donors (Lipinski definition) is 3. The molecule has 0 bridgehead atoms. The first-order chi connectivity index (χ1) is 11.8. The molecule has 2 rings (SSSR count). The van der Waals surface area contributed by atoms with Crippen molar-refractivity contribution in [2.24, 2.45) is 4.99 Å². The predicted molar refractivity (Wildman–Crippen MR) is 115 cm³/mol. The van der Waals surface area contributed by atoms with Crippen LogP contribution >= 0.6 is 24.0 Å². The lowest BCUT2D eigenvalue weighted by atomic mass is 9.95. The number of nitrogens with one attached hydrogen (secondary N) is 3. The van der Waals surface area contributed by atoms with Gasteiger partial charge in [0.15, 0.2) is 5.96 Å². The number of nitrogens with zero attached hydrogens (tertiary/aromatic N) is 1. The molecule has 1 amide bonds. The number of amides is 1. The monoisotopic (exact) mass is 458 g/mol. The lowest BCUT2D eigenvalue weighted by molar-refractivity contribution is -0.121. The number of guanidine groups is 1. The molecule has 6 heteroatoms. The fraction of sp³-hybridized carbons (Fsp3) is 0.579. The molecule has 1 aliphatic rings. The minimum atomic E-state index is 0. The molecule has 1 saturated carbocycles. The molecule has 0 spiro atoms. The SMILES string of the molecule is CN=C(NCCC(=O)NC1CCCCC1)NCCc1ccccc1.I. The van der Waals surface area contributed by atoms with Gasteiger partial charge in [-0.3, -0.25) is 9.79 Å². The van der Waals surface area contributed by atoms with E-state index in [4.69, 9.17) is 0 Å². The molecule has 1 fully saturated rings. The van der Waals surface area contributed by atoms with E-state index in [1.807, 2.05) is 18.2 Å². The molecule has 1 aromatic rings. The van der Waals surface area contributed by atoms with Gasteiger partial charge in [0, 0.05) is 32.6 Å². The number of carbonyl (C=O) groups excluding carboxylic acids is 1. The number of hydrogen-bond acceptors (Lipinski definition) is 2. The molecule has 0 atom stereocenters. The van der Waals surface area contributed by atoms with Crippen LogP contribution in [0.25, 0.3) is 0 Å². The molecule has 0 aromatic heterocycles. The smallest absolute Gasteiger partial charge is 0.221 e. The molecule has 1 aliphatic carbocycles. The van der Waals surface area contributed by atoms with Crippen LogP contribution in [0.4, 0.5) is 0 Å². The van der Waals surface area contributed by atoms with Crippen LogP contribution in [0.5, 0.6) is 0 Å². The Hall–Kier alpha value is -1.31. The largest absolute Gasteiger partial charge is 0.356 e. The van der Waals surface area contributed by atoms with E-state index in [0.717, 1.165) is 31.8 Å². The van der Waals surface area contributed by atoms with E-state index in [2.05, 4.69) is 33.1 Å². The number of benzene rings is 1. The van der Waals surface area contributed by atoms with Crippen LogP contribution in [0.2, 0.25) is 0 Å². The van der Waals surface area contributed by atoms with Gasteiger partial charge in [-0.25, -0.2) is 0 Å². The molecular weight excluding hydrogens is 427 g/mol. The minimum Gasteiger partial charge on any atom is -0.356 e. The van der Waals surface area contributed by atoms with E-state index in [-0.39, 0.29) is 29.9 Å². The Morgan fingerprint density at radius 2 is 1.76 bits per heavy atom. The quantitative estimate of drug-likeness (QED) is 0.335. The van der Waals surface area contributed by atoms with E-state index in [1.165, 1.54) is 24.8 Å². The van der Waals surface area contributed by atoms with Crippen molar-refractivity contribution in [3.8, 4) is 0 Å². The van der Waals surface area contributed by atoms with Crippen LogP contribution in [0.3, 0.4) is 0 Å². The van der Waals surface area contributed by atoms with E-state index < -0.39 is 0 Å². The highest BCUT2D eigenvalue weighted by atomic mass is 127. The lowest BCUT2D eigenvalue weighted by Gasteiger charge is -2.22. The standard InChI is InChI=1S/C19H30N4O.HI/c1-20-19(21-14-12-16-8-4-2-5-9-16)22-15-13-18(24)23-17-10-6-3-7-11-17;/h2,4-5,8-9,17H,3,6-7,10-15H2,1H3,(H,23,24)(H2,20,21,22);1H. The van der Waals surface area contributed by atoms with E-state index in [1.54, 1.807) is 7.05 Å². The molecule has 25 heavy (non-hydrogen) atoms. The Morgan fingerprint density at radius 3 is 2.44 bits per heavy atom. The highest BCUT2D eigenvalue weighted by Crippen LogP contribution is 2.17. The first-order valence-corrected chi connectivity index (χ1v) is 9.06. The maximum Gasteiger partial charge on any atom is 0.221 e. The maximum absolute atomic E-state index is 12.0. The minimum absolute atomic E-state index is 0. The zero-order chi connectivity index (χ0) is 17.0. The summed E-state index contributed by atoms with van der Waals surface area (Å²) >= 11 is 0. The first-order valence-electron chi connectivity index (χ1n) is 9.06. The van der Waals surface area contributed by atoms with E-state index in [0.29, 0.717) is 19.0 Å². The van der Waals surface area contributed by atoms with Gasteiger partial charge in [-0.15, -0.1) is 24.0 Å². The maximum atomic E-state index is 12.0. The highest BCUT2D eigenvalue weighted by Gasteiger charge is 2.15. The topological polar surface area (TPSA) is 65.5 Å². The Kier molecular flexibility index (Phi) is 11.3. The van der Waals surface area contributed by atoms with Crippen molar-refractivity contribution in [1.82, 2.24) is 16.0 Å². The number of carbonyl (C=O) groups is 1. The predicted octanol–water partition coefficient (Wildman–Crippen LogP) is 2.85. The fourth-order valence-electron chi connectivity index (χ4n) is 3.03. The fourth-order valence-corrected chi connectivity index (χ4v) is 3.03. The lowest BCUT2D eigenvalue weighted by Crippen LogP contribution is -2.41. The second-order valence-electron chi connectivity index (χ2n) is 6.31. The van der Waals surface area contributed by atoms with Crippen LogP contribution in [0.1, 0.15) is 44.1 Å². The summed E-state index contributed by atoms with van der Waals surface area (Å²) in [5.74, 6) is 0.880. The van der Waals surface area contributed by atoms with Crippen molar-refractivity contribution >= 4 is 35.8 Å². The van der Waals surface area contributed by atoms with Crippen molar-refractivity contribution in [2.75, 3.05) is 20.1 Å². The molecular formula is C19H31IN4O. The van der Waals surface area contributed by atoms with E-state index >= 15 is 0 Å². The van der Waals surface area contributed by atoms with Crippen molar-refractivity contribution in [3.63, 3.8) is 0 Å². The van der Waals surface area contributed by atoms with Gasteiger partial charge in [0.2, 0.25) is 5.91 Å². The Bertz CT molecular complexity index is 515. The van der Waals surface area contributed by atoms with Crippen molar-refractivity contribution in [1.29, 1.82) is 0 Å². The molecule has 0 heterocycles. The molecule has 0 unspecified atom stereocenters. The first kappa shape index (κ1) is 21.7. The van der Waals surface area contributed by atoms with Crippen LogP contribution in [0.15, 0.2) is 35.3 Å². The van der Waals surface area contributed by atoms with Gasteiger partial charge >= 0.3 is 0 Å². The molecule has 140 valence electrons. The third kappa shape index (κ3) is 9.09. The Labute approximate surface area is 168 Å². The highest BCUT2D eigenvalue weighted by molar-refractivity contribution is 14.0. The summed E-state index contributed by atoms with van der Waals surface area (Å²) in [6.07, 6.45) is 7.46. The molecule has 0 radical (unpaired) electrons. The third-order valence-electron chi connectivity index (χ3n) is 4.39. The zero-order valence-electron chi connectivity index (χ0n) is 15.1. The van der Waals surface area contributed by atoms with Gasteiger partial charge in [0.05, 0.1) is 0 Å². The average Bonchev–Trinajstić information content (AvgIpc) is 2.62. The van der Waals surface area contributed by atoms with Crippen LogP contribution in [-0.4, -0.2) is 38.0 Å². The number of halogens is 1. The Balaban J connectivity index is 0.00000312. The van der Waals surface area contributed by atoms with Crippen molar-refractivity contribution in [2.45, 2.75) is 51.0 Å². The van der Waals surface area contributed by atoms with Gasteiger partial charge in [-0.1, -0.05) is 49.6 Å². The van der Waals surface area contributed by atoms with E-state index in [9.17, 15) is 4.79 Å². The summed E-state index contributed by atoms with van der Waals surface area (Å²) in [7, 11) is 1.75. The zero-order valence-corrected chi connectivity index (χ0v) is 17.4. The summed E-state index contributed by atoms with van der Waals surface area (Å²) in [5.41, 5.74) is 1.30. The van der Waals surface area contributed by atoms with Crippen LogP contribution < -0.4 is 16.0 Å². The van der Waals surface area contributed by atoms with Gasteiger partial charge in [-0.05, 0) is 24.8 Å². The molecule has 3 N–H and O–H groups in total. The second-order valence-corrected chi connectivity index (χ2v) is 6.31. The molecule has 5 nitrogen and oxygen atoms in total. The molecule has 1 aromatic carbocycles. The van der Waals surface area contributed by atoms with Crippen LogP contribution in [0, 0.1) is 0 Å². The van der Waals surface area contributed by atoms with Crippen molar-refractivity contribution in [3.05, 3.63) is 35.9 Å². The summed E-state index contributed by atoms with van der Waals surface area (Å²) < 4.78 is 0. The summed E-state index contributed by atoms with van der Waals surface area (Å²) in [5, 5.41) is 9.62. The summed E-state index contributed by atoms with van der Waals surface area (Å²) in [6, 6.07) is 10.7. The van der Waals surface area contributed by atoms with Gasteiger partial charge in [0.25, 0.3) is 0 Å². The second kappa shape index (κ2) is 13.0. The van der Waals surface area contributed by atoms with Gasteiger partial charge < -0.3 is 16.0 Å². The molecule has 0 saturated heterocycles. The Morgan fingerprint density at radius 1 is 1.08 bits per heavy atom. The molecule has 0 aliphatic heterocycles. The number of aliphatic imine (C=N–C) groups is 1. The van der Waals surface area contributed by atoms with Gasteiger partial charge in [0.1, 0.15) is 0 Å². The van der Waals surface area contributed by atoms with Gasteiger partial charge in [-0.2, -0.15) is 0 Å². The summed E-state index contributed by atoms with van der Waals surface area (Å²) in [6.45, 7) is 1.42. The third-order valence-corrected chi connectivity index (χ3v) is 4.39. The summed E-state index contributed by atoms with van der Waals surface area (Å²) in [4.78, 5) is 16.2. The number of rotatable bonds is 7. The van der Waals surface area contributed by atoms with Crippen molar-refractivity contribution < 1.29 is 4.79 Å².